The zero-order valence-electron chi connectivity index (χ0n) is 18.2. The molecule has 0 unspecified atom stereocenters. The molecule has 2 aliphatic rings. The van der Waals surface area contributed by atoms with Crippen LogP contribution in [0, 0.1) is 5.82 Å². The van der Waals surface area contributed by atoms with Crippen molar-refractivity contribution in [1.29, 1.82) is 0 Å². The van der Waals surface area contributed by atoms with E-state index in [0.29, 0.717) is 31.6 Å². The molecule has 33 heavy (non-hydrogen) atoms. The molecule has 6 heteroatoms. The lowest BCUT2D eigenvalue weighted by molar-refractivity contribution is 0.0438. The first kappa shape index (κ1) is 21.2. The monoisotopic (exact) mass is 444 g/mol. The van der Waals surface area contributed by atoms with Crippen LogP contribution in [0.4, 0.5) is 14.9 Å². The summed E-state index contributed by atoms with van der Waals surface area (Å²) in [5, 5.41) is 0. The highest BCUT2D eigenvalue weighted by atomic mass is 19.1. The normalized spacial score (nSPS) is 20.6. The van der Waals surface area contributed by atoms with E-state index in [1.54, 1.807) is 17.0 Å². The predicted molar refractivity (Wildman–Crippen MR) is 125 cm³/mol. The summed E-state index contributed by atoms with van der Waals surface area (Å²) in [4.78, 5) is 29.4. The average molecular weight is 445 g/mol. The second-order valence-electron chi connectivity index (χ2n) is 8.71. The molecule has 0 radical (unpaired) electrons. The molecule has 168 valence electrons. The van der Waals surface area contributed by atoms with Gasteiger partial charge in [0.1, 0.15) is 11.4 Å². The highest BCUT2D eigenvalue weighted by Gasteiger charge is 2.46. The molecular formula is C27H25FN2O3. The topological polar surface area (TPSA) is 49.9 Å². The minimum atomic E-state index is -0.572. The molecule has 3 aromatic rings. The highest BCUT2D eigenvalue weighted by Crippen LogP contribution is 2.36. The number of carbonyl (C=O) groups excluding carboxylic acids is 2. The third kappa shape index (κ3) is 4.33. The van der Waals surface area contributed by atoms with E-state index in [1.165, 1.54) is 12.1 Å². The summed E-state index contributed by atoms with van der Waals surface area (Å²) < 4.78 is 19.1. The van der Waals surface area contributed by atoms with Crippen molar-refractivity contribution in [3.63, 3.8) is 0 Å². The Morgan fingerprint density at radius 2 is 1.67 bits per heavy atom. The van der Waals surface area contributed by atoms with Gasteiger partial charge in [0, 0.05) is 30.8 Å². The number of halogens is 1. The molecule has 2 amide bonds. The van der Waals surface area contributed by atoms with Crippen LogP contribution in [0.25, 0.3) is 11.1 Å². The Bertz CT molecular complexity index is 1170. The van der Waals surface area contributed by atoms with Crippen molar-refractivity contribution in [3.05, 3.63) is 90.2 Å². The summed E-state index contributed by atoms with van der Waals surface area (Å²) in [6.45, 7) is 1.64. The smallest absolute Gasteiger partial charge is 0.415 e. The van der Waals surface area contributed by atoms with E-state index in [0.717, 1.165) is 29.7 Å². The lowest BCUT2D eigenvalue weighted by Gasteiger charge is -2.25. The molecule has 0 N–H and O–H groups in total. The summed E-state index contributed by atoms with van der Waals surface area (Å²) in [6.07, 6.45) is 1.76. The van der Waals surface area contributed by atoms with Gasteiger partial charge in [0.25, 0.3) is 5.91 Å². The molecule has 2 aliphatic heterocycles. The van der Waals surface area contributed by atoms with Crippen molar-refractivity contribution in [2.45, 2.75) is 24.9 Å². The van der Waals surface area contributed by atoms with E-state index in [9.17, 15) is 14.0 Å². The van der Waals surface area contributed by atoms with Gasteiger partial charge in [-0.25, -0.2) is 9.18 Å². The standard InChI is InChI=1S/C27H25FN2O3/c28-23-12-10-20(11-13-23)21-6-4-7-22(18-21)25(31)29-16-5-14-27(15-17-29)19-30(26(32)33-27)24-8-2-1-3-9-24/h1-4,6-13,18H,5,14-17,19H2/t27-/m1/s1. The largest absolute Gasteiger partial charge is 0.441 e. The molecule has 2 saturated heterocycles. The van der Waals surface area contributed by atoms with Gasteiger partial charge >= 0.3 is 6.09 Å². The first-order chi connectivity index (χ1) is 16.0. The zero-order valence-corrected chi connectivity index (χ0v) is 18.2. The Labute approximate surface area is 192 Å². The quantitative estimate of drug-likeness (QED) is 0.535. The van der Waals surface area contributed by atoms with E-state index in [4.69, 9.17) is 4.74 Å². The molecule has 0 aliphatic carbocycles. The summed E-state index contributed by atoms with van der Waals surface area (Å²) >= 11 is 0. The average Bonchev–Trinajstić information content (AvgIpc) is 3.03. The summed E-state index contributed by atoms with van der Waals surface area (Å²) in [5.41, 5.74) is 2.59. The molecule has 1 atom stereocenters. The van der Waals surface area contributed by atoms with Gasteiger partial charge < -0.3 is 9.64 Å². The van der Waals surface area contributed by atoms with Crippen LogP contribution in [0.15, 0.2) is 78.9 Å². The van der Waals surface area contributed by atoms with E-state index in [-0.39, 0.29) is 17.8 Å². The first-order valence-corrected chi connectivity index (χ1v) is 11.2. The van der Waals surface area contributed by atoms with Gasteiger partial charge in [0.2, 0.25) is 0 Å². The van der Waals surface area contributed by atoms with Crippen LogP contribution in [0.3, 0.4) is 0 Å². The van der Waals surface area contributed by atoms with Gasteiger partial charge in [-0.05, 0) is 60.4 Å². The van der Waals surface area contributed by atoms with Gasteiger partial charge in [-0.15, -0.1) is 0 Å². The highest BCUT2D eigenvalue weighted by molar-refractivity contribution is 5.95. The van der Waals surface area contributed by atoms with Crippen molar-refractivity contribution in [2.24, 2.45) is 0 Å². The van der Waals surface area contributed by atoms with Crippen LogP contribution in [0.2, 0.25) is 0 Å². The van der Waals surface area contributed by atoms with Crippen molar-refractivity contribution in [1.82, 2.24) is 4.90 Å². The Balaban J connectivity index is 1.30. The molecule has 5 rings (SSSR count). The lowest BCUT2D eigenvalue weighted by Crippen LogP contribution is -2.37. The third-order valence-electron chi connectivity index (χ3n) is 6.51. The minimum Gasteiger partial charge on any atom is -0.441 e. The van der Waals surface area contributed by atoms with Crippen LogP contribution in [0.1, 0.15) is 29.6 Å². The maximum absolute atomic E-state index is 13.3. The fourth-order valence-electron chi connectivity index (χ4n) is 4.72. The molecule has 0 saturated carbocycles. The van der Waals surface area contributed by atoms with E-state index in [2.05, 4.69) is 0 Å². The van der Waals surface area contributed by atoms with E-state index < -0.39 is 5.60 Å². The number of ether oxygens (including phenoxy) is 1. The number of likely N-dealkylation sites (tertiary alicyclic amines) is 1. The molecule has 2 fully saturated rings. The molecule has 3 aromatic carbocycles. The van der Waals surface area contributed by atoms with Crippen molar-refractivity contribution < 1.29 is 18.7 Å². The third-order valence-corrected chi connectivity index (χ3v) is 6.51. The fraction of sp³-hybridized carbons (Fsp3) is 0.259. The molecule has 1 spiro atoms. The number of anilines is 1. The molecule has 0 aromatic heterocycles. The van der Waals surface area contributed by atoms with Gasteiger partial charge in [-0.1, -0.05) is 42.5 Å². The number of benzene rings is 3. The Morgan fingerprint density at radius 1 is 0.879 bits per heavy atom. The van der Waals surface area contributed by atoms with Gasteiger partial charge in [-0.2, -0.15) is 0 Å². The number of hydrogen-bond acceptors (Lipinski definition) is 3. The summed E-state index contributed by atoms with van der Waals surface area (Å²) in [6, 6.07) is 23.2. The number of amides is 2. The van der Waals surface area contributed by atoms with Gasteiger partial charge in [0.05, 0.1) is 6.54 Å². The van der Waals surface area contributed by atoms with E-state index in [1.807, 2.05) is 59.5 Å². The maximum atomic E-state index is 13.3. The molecule has 0 bridgehead atoms. The van der Waals surface area contributed by atoms with Crippen LogP contribution >= 0.6 is 0 Å². The molecular weight excluding hydrogens is 419 g/mol. The number of carbonyl (C=O) groups is 2. The second kappa shape index (κ2) is 8.70. The zero-order chi connectivity index (χ0) is 22.8. The Kier molecular flexibility index (Phi) is 5.58. The SMILES string of the molecule is O=C(c1cccc(-c2ccc(F)cc2)c1)N1CCC[C@@]2(CC1)CN(c1ccccc1)C(=O)O2. The van der Waals surface area contributed by atoms with Crippen molar-refractivity contribution in [2.75, 3.05) is 24.5 Å². The summed E-state index contributed by atoms with van der Waals surface area (Å²) in [7, 11) is 0. The molecule has 5 nitrogen and oxygen atoms in total. The second-order valence-corrected chi connectivity index (χ2v) is 8.71. The number of rotatable bonds is 3. The van der Waals surface area contributed by atoms with Crippen molar-refractivity contribution in [3.8, 4) is 11.1 Å². The Hall–Kier alpha value is -3.67. The first-order valence-electron chi connectivity index (χ1n) is 11.2. The van der Waals surface area contributed by atoms with Crippen LogP contribution < -0.4 is 4.90 Å². The number of nitrogens with zero attached hydrogens (tertiary/aromatic N) is 2. The van der Waals surface area contributed by atoms with Gasteiger partial charge in [-0.3, -0.25) is 9.69 Å². The van der Waals surface area contributed by atoms with Crippen molar-refractivity contribution >= 4 is 17.7 Å². The number of para-hydroxylation sites is 1. The molecule has 2 heterocycles. The fourth-order valence-corrected chi connectivity index (χ4v) is 4.72. The van der Waals surface area contributed by atoms with Crippen LogP contribution in [-0.2, 0) is 4.74 Å². The number of hydrogen-bond donors (Lipinski definition) is 0. The lowest BCUT2D eigenvalue weighted by atomic mass is 9.95. The Morgan fingerprint density at radius 3 is 2.45 bits per heavy atom. The van der Waals surface area contributed by atoms with Crippen LogP contribution in [-0.4, -0.2) is 42.1 Å². The van der Waals surface area contributed by atoms with E-state index >= 15 is 0 Å². The summed E-state index contributed by atoms with van der Waals surface area (Å²) in [5.74, 6) is -0.330. The predicted octanol–water partition coefficient (Wildman–Crippen LogP) is 5.51. The maximum Gasteiger partial charge on any atom is 0.415 e. The minimum absolute atomic E-state index is 0.0414. The van der Waals surface area contributed by atoms with Crippen LogP contribution in [0.5, 0.6) is 0 Å². The van der Waals surface area contributed by atoms with Gasteiger partial charge in [0.15, 0.2) is 0 Å².